The fraction of sp³-hybridized carbons (Fsp3) is 0.318. The Morgan fingerprint density at radius 3 is 2.79 bits per heavy atom. The summed E-state index contributed by atoms with van der Waals surface area (Å²) in [5.74, 6) is -0.114. The molecule has 5 aromatic rings. The van der Waals surface area contributed by atoms with Gasteiger partial charge in [-0.2, -0.15) is 15.0 Å². The molecular formula is C22H22N10O2. The van der Waals surface area contributed by atoms with Crippen molar-refractivity contribution in [3.05, 3.63) is 70.8 Å². The Balaban J connectivity index is 1.25. The van der Waals surface area contributed by atoms with Crippen LogP contribution in [0.5, 0.6) is 0 Å². The van der Waals surface area contributed by atoms with E-state index in [0.717, 1.165) is 12.1 Å². The molecule has 0 N–H and O–H groups in total. The number of pyridine rings is 1. The van der Waals surface area contributed by atoms with Crippen molar-refractivity contribution in [2.75, 3.05) is 13.1 Å². The lowest BCUT2D eigenvalue weighted by atomic mass is 10.1. The third-order valence-corrected chi connectivity index (χ3v) is 6.09. The smallest absolute Gasteiger partial charge is 0.270 e. The molecule has 12 heteroatoms. The molecule has 0 atom stereocenters. The Morgan fingerprint density at radius 1 is 1.18 bits per heavy atom. The highest BCUT2D eigenvalue weighted by Gasteiger charge is 2.35. The number of nitrogens with zero attached hydrogens (tertiary/aromatic N) is 10. The van der Waals surface area contributed by atoms with Crippen LogP contribution >= 0.6 is 0 Å². The third-order valence-electron chi connectivity index (χ3n) is 6.09. The zero-order chi connectivity index (χ0) is 23.2. The number of amides is 1. The quantitative estimate of drug-likeness (QED) is 0.372. The first kappa shape index (κ1) is 20.3. The summed E-state index contributed by atoms with van der Waals surface area (Å²) in [7, 11) is 0. The fourth-order valence-corrected chi connectivity index (χ4v) is 4.36. The summed E-state index contributed by atoms with van der Waals surface area (Å²) in [5, 5.41) is 17.0. The summed E-state index contributed by atoms with van der Waals surface area (Å²) in [6, 6.07) is 7.15. The van der Waals surface area contributed by atoms with Gasteiger partial charge in [0.1, 0.15) is 29.2 Å². The van der Waals surface area contributed by atoms with Gasteiger partial charge in [-0.15, -0.1) is 5.10 Å². The van der Waals surface area contributed by atoms with Gasteiger partial charge in [-0.05, 0) is 24.6 Å². The van der Waals surface area contributed by atoms with Crippen LogP contribution in [0, 0.1) is 0 Å². The monoisotopic (exact) mass is 458 g/mol. The Bertz CT molecular complexity index is 1560. The molecule has 0 radical (unpaired) electrons. The van der Waals surface area contributed by atoms with Crippen molar-refractivity contribution in [1.29, 1.82) is 0 Å². The number of likely N-dealkylation sites (tertiary alicyclic amines) is 1. The first-order valence-electron chi connectivity index (χ1n) is 11.2. The topological polar surface area (TPSA) is 121 Å². The molecule has 0 aliphatic carbocycles. The van der Waals surface area contributed by atoms with Crippen molar-refractivity contribution < 1.29 is 4.79 Å². The van der Waals surface area contributed by atoms with Crippen molar-refractivity contribution in [3.8, 4) is 0 Å². The van der Waals surface area contributed by atoms with Gasteiger partial charge in [-0.25, -0.2) is 9.67 Å². The van der Waals surface area contributed by atoms with Gasteiger partial charge in [0, 0.05) is 25.8 Å². The molecule has 172 valence electrons. The van der Waals surface area contributed by atoms with Crippen LogP contribution in [-0.2, 0) is 13.1 Å². The minimum atomic E-state index is -0.173. The number of fused-ring (bicyclic) bond motifs is 2. The Labute approximate surface area is 193 Å². The summed E-state index contributed by atoms with van der Waals surface area (Å²) < 4.78 is 5.16. The number of rotatable bonds is 6. The number of aryl methyl sites for hydroxylation is 1. The van der Waals surface area contributed by atoms with Gasteiger partial charge in [-0.3, -0.25) is 14.0 Å². The molecule has 0 spiro atoms. The third kappa shape index (κ3) is 3.26. The molecule has 0 bridgehead atoms. The molecule has 6 heterocycles. The van der Waals surface area contributed by atoms with E-state index in [4.69, 9.17) is 0 Å². The van der Waals surface area contributed by atoms with Gasteiger partial charge in [0.2, 0.25) is 0 Å². The van der Waals surface area contributed by atoms with Gasteiger partial charge in [0.25, 0.3) is 11.5 Å². The van der Waals surface area contributed by atoms with Crippen LogP contribution in [0.15, 0.2) is 53.8 Å². The second-order valence-electron chi connectivity index (χ2n) is 8.38. The molecule has 1 aliphatic heterocycles. The maximum absolute atomic E-state index is 13.4. The van der Waals surface area contributed by atoms with Crippen LogP contribution in [0.1, 0.15) is 35.6 Å². The molecule has 0 saturated carbocycles. The molecule has 34 heavy (non-hydrogen) atoms. The lowest BCUT2D eigenvalue weighted by Crippen LogP contribution is -2.51. The summed E-state index contributed by atoms with van der Waals surface area (Å²) in [4.78, 5) is 34.4. The van der Waals surface area contributed by atoms with Crippen molar-refractivity contribution in [2.45, 2.75) is 32.5 Å². The average Bonchev–Trinajstić information content (AvgIpc) is 3.55. The fourth-order valence-electron chi connectivity index (χ4n) is 4.36. The normalized spacial score (nSPS) is 14.2. The molecule has 1 fully saturated rings. The maximum Gasteiger partial charge on any atom is 0.270 e. The first-order chi connectivity index (χ1) is 16.6. The van der Waals surface area contributed by atoms with E-state index < -0.39 is 0 Å². The number of carbonyl (C=O) groups excluding carboxylic acids is 1. The molecule has 0 unspecified atom stereocenters. The van der Waals surface area contributed by atoms with Crippen molar-refractivity contribution in [1.82, 2.24) is 48.8 Å². The van der Waals surface area contributed by atoms with E-state index in [1.807, 2.05) is 23.8 Å². The highest BCUT2D eigenvalue weighted by Crippen LogP contribution is 2.25. The molecule has 1 amide bonds. The van der Waals surface area contributed by atoms with E-state index in [2.05, 4.69) is 25.5 Å². The van der Waals surface area contributed by atoms with Crippen LogP contribution < -0.4 is 5.56 Å². The number of hydrogen-bond acceptors (Lipinski definition) is 7. The largest absolute Gasteiger partial charge is 0.333 e. The predicted molar refractivity (Wildman–Crippen MR) is 121 cm³/mol. The van der Waals surface area contributed by atoms with E-state index in [1.165, 1.54) is 9.20 Å². The minimum absolute atomic E-state index is 0.0473. The molecule has 12 nitrogen and oxygen atoms in total. The van der Waals surface area contributed by atoms with Gasteiger partial charge < -0.3 is 9.47 Å². The van der Waals surface area contributed by atoms with Crippen LogP contribution in [0.3, 0.4) is 0 Å². The summed E-state index contributed by atoms with van der Waals surface area (Å²) in [5.41, 5.74) is 2.17. The Hall–Kier alpha value is -4.35. The minimum Gasteiger partial charge on any atom is -0.333 e. The molecule has 6 rings (SSSR count). The van der Waals surface area contributed by atoms with E-state index in [0.29, 0.717) is 48.6 Å². The van der Waals surface area contributed by atoms with E-state index in [-0.39, 0.29) is 17.5 Å². The van der Waals surface area contributed by atoms with Gasteiger partial charge in [-0.1, -0.05) is 18.2 Å². The average molecular weight is 458 g/mol. The standard InChI is InChI=1S/C22H22N10O2/c1-2-8-29-18(10-17-20(29)25-19-5-3-4-9-30(19)21(17)33)22(34)28-13-16(14-28)31-11-15(26-27-31)12-32-23-6-7-24-32/h3-7,9-11,16H,2,8,12-14H2,1H3. The molecule has 5 aromatic heterocycles. The summed E-state index contributed by atoms with van der Waals surface area (Å²) in [6.45, 7) is 4.11. The maximum atomic E-state index is 13.4. The number of carbonyl (C=O) groups is 1. The molecular weight excluding hydrogens is 436 g/mol. The van der Waals surface area contributed by atoms with Gasteiger partial charge >= 0.3 is 0 Å². The Morgan fingerprint density at radius 2 is 2.00 bits per heavy atom. The highest BCUT2D eigenvalue weighted by atomic mass is 16.2. The van der Waals surface area contributed by atoms with E-state index >= 15 is 0 Å². The highest BCUT2D eigenvalue weighted by molar-refractivity contribution is 5.98. The number of hydrogen-bond donors (Lipinski definition) is 0. The van der Waals surface area contributed by atoms with Crippen LogP contribution in [0.2, 0.25) is 0 Å². The lowest BCUT2D eigenvalue weighted by Gasteiger charge is -2.38. The van der Waals surface area contributed by atoms with Crippen LogP contribution in [-0.4, -0.2) is 67.8 Å². The zero-order valence-electron chi connectivity index (χ0n) is 18.5. The van der Waals surface area contributed by atoms with Crippen LogP contribution in [0.4, 0.5) is 0 Å². The lowest BCUT2D eigenvalue weighted by molar-refractivity contribution is 0.0488. The predicted octanol–water partition coefficient (Wildman–Crippen LogP) is 0.988. The number of aromatic nitrogens is 9. The Kier molecular flexibility index (Phi) is 4.71. The van der Waals surface area contributed by atoms with E-state index in [9.17, 15) is 9.59 Å². The SMILES string of the molecule is CCCn1c(C(=O)N2CC(n3cc(Cn4nccn4)nn3)C2)cc2c(=O)n3ccccc3nc21. The first-order valence-corrected chi connectivity index (χ1v) is 11.2. The summed E-state index contributed by atoms with van der Waals surface area (Å²) >= 11 is 0. The van der Waals surface area contributed by atoms with Gasteiger partial charge in [0.15, 0.2) is 0 Å². The molecule has 1 aliphatic rings. The van der Waals surface area contributed by atoms with Crippen molar-refractivity contribution in [2.24, 2.45) is 0 Å². The van der Waals surface area contributed by atoms with Crippen molar-refractivity contribution >= 4 is 22.6 Å². The van der Waals surface area contributed by atoms with E-state index in [1.54, 1.807) is 46.4 Å². The second kappa shape index (κ2) is 7.90. The zero-order valence-corrected chi connectivity index (χ0v) is 18.5. The molecule has 1 saturated heterocycles. The summed E-state index contributed by atoms with van der Waals surface area (Å²) in [6.07, 6.45) is 7.60. The second-order valence-corrected chi connectivity index (χ2v) is 8.38. The van der Waals surface area contributed by atoms with Crippen molar-refractivity contribution in [3.63, 3.8) is 0 Å². The van der Waals surface area contributed by atoms with Gasteiger partial charge in [0.05, 0.1) is 30.0 Å². The van der Waals surface area contributed by atoms with Crippen LogP contribution in [0.25, 0.3) is 16.7 Å². The molecule has 0 aromatic carbocycles.